The van der Waals surface area contributed by atoms with Crippen LogP contribution in [0.3, 0.4) is 0 Å². The molecule has 2 aromatic carbocycles. The van der Waals surface area contributed by atoms with Crippen LogP contribution in [0.4, 0.5) is 4.79 Å². The molecule has 26 heavy (non-hydrogen) atoms. The summed E-state index contributed by atoms with van der Waals surface area (Å²) in [5.41, 5.74) is 2.11. The number of nitrogens with zero attached hydrogens (tertiary/aromatic N) is 1. The molecule has 0 saturated heterocycles. The number of rotatable bonds is 4. The van der Waals surface area contributed by atoms with Crippen molar-refractivity contribution in [2.24, 2.45) is 0 Å². The smallest absolute Gasteiger partial charge is 0.338 e. The SMILES string of the molecule is CCOC(=O)C1=C(C)N(C2CC2)C(=O)N[C@H]1c1ccc2ccccc2c1. The van der Waals surface area contributed by atoms with Crippen molar-refractivity contribution >= 4 is 22.8 Å². The van der Waals surface area contributed by atoms with Gasteiger partial charge in [0.1, 0.15) is 0 Å². The number of carbonyl (C=O) groups is 2. The van der Waals surface area contributed by atoms with Gasteiger partial charge < -0.3 is 10.1 Å². The Morgan fingerprint density at radius 1 is 1.19 bits per heavy atom. The summed E-state index contributed by atoms with van der Waals surface area (Å²) < 4.78 is 5.30. The Labute approximate surface area is 152 Å². The van der Waals surface area contributed by atoms with Crippen molar-refractivity contribution in [3.05, 3.63) is 59.3 Å². The molecule has 1 saturated carbocycles. The molecule has 0 unspecified atom stereocenters. The number of urea groups is 1. The van der Waals surface area contributed by atoms with Crippen molar-refractivity contribution in [3.8, 4) is 0 Å². The van der Waals surface area contributed by atoms with Crippen molar-refractivity contribution in [1.82, 2.24) is 10.2 Å². The first kappa shape index (κ1) is 16.6. The van der Waals surface area contributed by atoms with Gasteiger partial charge in [-0.05, 0) is 49.1 Å². The van der Waals surface area contributed by atoms with E-state index in [2.05, 4.69) is 5.32 Å². The number of ether oxygens (including phenoxy) is 1. The van der Waals surface area contributed by atoms with Gasteiger partial charge in [-0.3, -0.25) is 4.90 Å². The van der Waals surface area contributed by atoms with E-state index in [0.29, 0.717) is 17.9 Å². The summed E-state index contributed by atoms with van der Waals surface area (Å²) in [7, 11) is 0. The number of amides is 2. The number of carbonyl (C=O) groups excluding carboxylic acids is 2. The van der Waals surface area contributed by atoms with Crippen molar-refractivity contribution in [1.29, 1.82) is 0 Å². The lowest BCUT2D eigenvalue weighted by atomic mass is 9.93. The van der Waals surface area contributed by atoms with E-state index in [1.807, 2.05) is 49.4 Å². The first-order valence-corrected chi connectivity index (χ1v) is 9.06. The Bertz CT molecular complexity index is 914. The summed E-state index contributed by atoms with van der Waals surface area (Å²) >= 11 is 0. The number of esters is 1. The second-order valence-corrected chi connectivity index (χ2v) is 6.81. The van der Waals surface area contributed by atoms with E-state index in [9.17, 15) is 9.59 Å². The molecule has 1 N–H and O–H groups in total. The molecule has 1 aliphatic heterocycles. The Morgan fingerprint density at radius 2 is 1.92 bits per heavy atom. The number of benzene rings is 2. The van der Waals surface area contributed by atoms with E-state index in [1.165, 1.54) is 0 Å². The molecule has 0 aromatic heterocycles. The lowest BCUT2D eigenvalue weighted by Gasteiger charge is -2.35. The van der Waals surface area contributed by atoms with Gasteiger partial charge in [0.25, 0.3) is 0 Å². The average molecular weight is 350 g/mol. The Kier molecular flexibility index (Phi) is 4.15. The molecule has 0 bridgehead atoms. The van der Waals surface area contributed by atoms with Crippen LogP contribution in [-0.2, 0) is 9.53 Å². The van der Waals surface area contributed by atoms with Crippen molar-refractivity contribution in [3.63, 3.8) is 0 Å². The fourth-order valence-corrected chi connectivity index (χ4v) is 3.64. The third kappa shape index (κ3) is 2.83. The maximum absolute atomic E-state index is 12.7. The minimum atomic E-state index is -0.499. The summed E-state index contributed by atoms with van der Waals surface area (Å²) in [5.74, 6) is -0.367. The molecular formula is C21H22N2O3. The van der Waals surface area contributed by atoms with Crippen molar-refractivity contribution < 1.29 is 14.3 Å². The zero-order valence-electron chi connectivity index (χ0n) is 15.0. The molecule has 5 heteroatoms. The topological polar surface area (TPSA) is 58.6 Å². The summed E-state index contributed by atoms with van der Waals surface area (Å²) in [6.45, 7) is 3.94. The van der Waals surface area contributed by atoms with Gasteiger partial charge in [-0.25, -0.2) is 9.59 Å². The largest absolute Gasteiger partial charge is 0.463 e. The molecule has 5 nitrogen and oxygen atoms in total. The standard InChI is InChI=1S/C21H22N2O3/c1-3-26-20(24)18-13(2)23(17-10-11-17)21(25)22-19(18)16-9-8-14-6-4-5-7-15(14)12-16/h4-9,12,17,19H,3,10-11H2,1-2H3,(H,22,25)/t19-/m0/s1. The zero-order chi connectivity index (χ0) is 18.3. The molecule has 0 spiro atoms. The van der Waals surface area contributed by atoms with E-state index in [4.69, 9.17) is 4.74 Å². The lowest BCUT2D eigenvalue weighted by molar-refractivity contribution is -0.139. The van der Waals surface area contributed by atoms with E-state index in [-0.39, 0.29) is 18.0 Å². The number of allylic oxidation sites excluding steroid dienone is 1. The van der Waals surface area contributed by atoms with E-state index < -0.39 is 6.04 Å². The monoisotopic (exact) mass is 350 g/mol. The van der Waals surface area contributed by atoms with Gasteiger partial charge in [-0.1, -0.05) is 36.4 Å². The summed E-state index contributed by atoms with van der Waals surface area (Å²) in [4.78, 5) is 27.1. The molecular weight excluding hydrogens is 328 g/mol. The molecule has 2 aliphatic rings. The Hall–Kier alpha value is -2.82. The van der Waals surface area contributed by atoms with Gasteiger partial charge in [-0.2, -0.15) is 0 Å². The minimum absolute atomic E-state index is 0.142. The maximum atomic E-state index is 12.7. The van der Waals surface area contributed by atoms with Crippen LogP contribution in [0.15, 0.2) is 53.7 Å². The lowest BCUT2D eigenvalue weighted by Crippen LogP contribution is -2.48. The van der Waals surface area contributed by atoms with Crippen molar-refractivity contribution in [2.45, 2.75) is 38.8 Å². The molecule has 1 fully saturated rings. The van der Waals surface area contributed by atoms with Gasteiger partial charge in [-0.15, -0.1) is 0 Å². The highest BCUT2D eigenvalue weighted by Gasteiger charge is 2.42. The highest BCUT2D eigenvalue weighted by molar-refractivity contribution is 5.95. The molecule has 1 heterocycles. The van der Waals surface area contributed by atoms with Gasteiger partial charge in [0.15, 0.2) is 0 Å². The van der Waals surface area contributed by atoms with Crippen LogP contribution >= 0.6 is 0 Å². The molecule has 4 rings (SSSR count). The summed E-state index contributed by atoms with van der Waals surface area (Å²) in [5, 5.41) is 5.21. The number of nitrogens with one attached hydrogen (secondary N) is 1. The molecule has 2 amide bonds. The predicted octanol–water partition coefficient (Wildman–Crippen LogP) is 3.91. The van der Waals surface area contributed by atoms with Gasteiger partial charge in [0.05, 0.1) is 18.2 Å². The predicted molar refractivity (Wildman–Crippen MR) is 99.4 cm³/mol. The quantitative estimate of drug-likeness (QED) is 0.851. The van der Waals surface area contributed by atoms with Crippen LogP contribution in [0.1, 0.15) is 38.3 Å². The first-order valence-electron chi connectivity index (χ1n) is 9.06. The van der Waals surface area contributed by atoms with Crippen molar-refractivity contribution in [2.75, 3.05) is 6.61 Å². The van der Waals surface area contributed by atoms with Gasteiger partial charge in [0, 0.05) is 11.7 Å². The van der Waals surface area contributed by atoms with Crippen LogP contribution in [0.25, 0.3) is 10.8 Å². The van der Waals surface area contributed by atoms with E-state index in [0.717, 1.165) is 29.2 Å². The second kappa shape index (κ2) is 6.48. The zero-order valence-corrected chi connectivity index (χ0v) is 15.0. The molecule has 0 radical (unpaired) electrons. The van der Waals surface area contributed by atoms with E-state index in [1.54, 1.807) is 11.8 Å². The highest BCUT2D eigenvalue weighted by Crippen LogP contribution is 2.38. The van der Waals surface area contributed by atoms with E-state index >= 15 is 0 Å². The van der Waals surface area contributed by atoms with Gasteiger partial charge >= 0.3 is 12.0 Å². The highest BCUT2D eigenvalue weighted by atomic mass is 16.5. The first-order chi connectivity index (χ1) is 12.6. The Balaban J connectivity index is 1.81. The normalized spacial score (nSPS) is 20.3. The average Bonchev–Trinajstić information content (AvgIpc) is 3.46. The molecule has 2 aromatic rings. The molecule has 1 aliphatic carbocycles. The molecule has 1 atom stereocenters. The summed E-state index contributed by atoms with van der Waals surface area (Å²) in [6, 6.07) is 13.6. The van der Waals surface area contributed by atoms with Crippen LogP contribution < -0.4 is 5.32 Å². The Morgan fingerprint density at radius 3 is 2.62 bits per heavy atom. The number of fused-ring (bicyclic) bond motifs is 1. The van der Waals surface area contributed by atoms with Crippen LogP contribution in [-0.4, -0.2) is 29.5 Å². The fourth-order valence-electron chi connectivity index (χ4n) is 3.64. The number of hydrogen-bond acceptors (Lipinski definition) is 3. The van der Waals surface area contributed by atoms with Crippen LogP contribution in [0.2, 0.25) is 0 Å². The van der Waals surface area contributed by atoms with Crippen LogP contribution in [0.5, 0.6) is 0 Å². The molecule has 134 valence electrons. The minimum Gasteiger partial charge on any atom is -0.463 e. The summed E-state index contributed by atoms with van der Waals surface area (Å²) in [6.07, 6.45) is 1.95. The van der Waals surface area contributed by atoms with Gasteiger partial charge in [0.2, 0.25) is 0 Å². The second-order valence-electron chi connectivity index (χ2n) is 6.81. The third-order valence-corrected chi connectivity index (χ3v) is 5.04. The fraction of sp³-hybridized carbons (Fsp3) is 0.333. The number of hydrogen-bond donors (Lipinski definition) is 1. The maximum Gasteiger partial charge on any atom is 0.338 e. The van der Waals surface area contributed by atoms with Crippen LogP contribution in [0, 0.1) is 0 Å². The third-order valence-electron chi connectivity index (χ3n) is 5.04.